The Morgan fingerprint density at radius 3 is 1.89 bits per heavy atom. The van der Waals surface area contributed by atoms with Gasteiger partial charge in [-0.3, -0.25) is 4.79 Å². The molecule has 0 aliphatic rings. The van der Waals surface area contributed by atoms with Crippen LogP contribution in [0, 0.1) is 5.41 Å². The van der Waals surface area contributed by atoms with Gasteiger partial charge in [-0.2, -0.15) is 0 Å². The Labute approximate surface area is 118 Å². The third kappa shape index (κ3) is 5.15. The molecule has 0 spiro atoms. The van der Waals surface area contributed by atoms with Crippen molar-refractivity contribution >= 4 is 35.7 Å². The van der Waals surface area contributed by atoms with Crippen LogP contribution < -0.4 is 22.1 Å². The molecular formula is C12H19ClN4O2. The summed E-state index contributed by atoms with van der Waals surface area (Å²) in [5.74, 6) is -0.152. The van der Waals surface area contributed by atoms with Gasteiger partial charge in [0.1, 0.15) is 0 Å². The maximum atomic E-state index is 11.8. The van der Waals surface area contributed by atoms with Gasteiger partial charge in [0.15, 0.2) is 0 Å². The van der Waals surface area contributed by atoms with Crippen molar-refractivity contribution < 1.29 is 9.59 Å². The van der Waals surface area contributed by atoms with Gasteiger partial charge < -0.3 is 22.1 Å². The van der Waals surface area contributed by atoms with Crippen molar-refractivity contribution in [2.75, 3.05) is 17.2 Å². The van der Waals surface area contributed by atoms with Crippen molar-refractivity contribution in [1.29, 1.82) is 0 Å². The van der Waals surface area contributed by atoms with E-state index < -0.39 is 11.4 Å². The van der Waals surface area contributed by atoms with E-state index in [2.05, 4.69) is 10.6 Å². The number of hydrogen-bond donors (Lipinski definition) is 4. The second kappa shape index (κ2) is 6.96. The number of rotatable bonds is 4. The minimum Gasteiger partial charge on any atom is -0.351 e. The van der Waals surface area contributed by atoms with Crippen molar-refractivity contribution in [1.82, 2.24) is 0 Å². The van der Waals surface area contributed by atoms with Crippen LogP contribution in [0.5, 0.6) is 0 Å². The molecule has 1 aromatic carbocycles. The molecule has 106 valence electrons. The predicted molar refractivity (Wildman–Crippen MR) is 78.4 cm³/mol. The lowest BCUT2D eigenvalue weighted by Gasteiger charge is -2.21. The highest BCUT2D eigenvalue weighted by Gasteiger charge is 2.25. The number of nitrogens with one attached hydrogen (secondary N) is 2. The Morgan fingerprint density at radius 1 is 1.11 bits per heavy atom. The average molecular weight is 287 g/mol. The number of urea groups is 1. The van der Waals surface area contributed by atoms with Crippen molar-refractivity contribution in [3.05, 3.63) is 24.3 Å². The minimum atomic E-state index is -0.629. The van der Waals surface area contributed by atoms with Gasteiger partial charge in [-0.1, -0.05) is 0 Å². The molecule has 0 unspecified atom stereocenters. The summed E-state index contributed by atoms with van der Waals surface area (Å²) in [6.07, 6.45) is 0. The topological polar surface area (TPSA) is 110 Å². The number of amides is 3. The first-order valence-corrected chi connectivity index (χ1v) is 5.53. The van der Waals surface area contributed by atoms with Crippen molar-refractivity contribution in [3.63, 3.8) is 0 Å². The first-order chi connectivity index (χ1) is 8.35. The van der Waals surface area contributed by atoms with Gasteiger partial charge in [0.2, 0.25) is 5.91 Å². The van der Waals surface area contributed by atoms with Crippen LogP contribution in [0.3, 0.4) is 0 Å². The quantitative estimate of drug-likeness (QED) is 0.673. The maximum Gasteiger partial charge on any atom is 0.316 e. The van der Waals surface area contributed by atoms with Crippen LogP contribution in [0.2, 0.25) is 0 Å². The van der Waals surface area contributed by atoms with Gasteiger partial charge in [0, 0.05) is 17.9 Å². The SMILES string of the molecule is CC(C)(CN)C(=O)Nc1ccc(NC(N)=O)cc1.Cl. The standard InChI is InChI=1S/C12H18N4O2.ClH/c1-12(2,7-13)10(17)15-8-3-5-9(6-4-8)16-11(14)18;/h3-6H,7,13H2,1-2H3,(H,15,17)(H3,14,16,18);1H. The number of carbonyl (C=O) groups excluding carboxylic acids is 2. The maximum absolute atomic E-state index is 11.8. The molecule has 6 nitrogen and oxygen atoms in total. The van der Waals surface area contributed by atoms with Gasteiger partial charge in [0.05, 0.1) is 5.41 Å². The molecule has 19 heavy (non-hydrogen) atoms. The highest BCUT2D eigenvalue weighted by atomic mass is 35.5. The van der Waals surface area contributed by atoms with Crippen LogP contribution >= 0.6 is 12.4 Å². The lowest BCUT2D eigenvalue weighted by molar-refractivity contribution is -0.123. The zero-order valence-electron chi connectivity index (χ0n) is 10.9. The molecule has 0 aliphatic heterocycles. The first-order valence-electron chi connectivity index (χ1n) is 5.53. The second-order valence-corrected chi connectivity index (χ2v) is 4.61. The number of anilines is 2. The molecule has 7 heteroatoms. The number of carbonyl (C=O) groups is 2. The van der Waals surface area contributed by atoms with E-state index in [9.17, 15) is 9.59 Å². The number of hydrogen-bond acceptors (Lipinski definition) is 3. The Balaban J connectivity index is 0.00000324. The molecule has 0 saturated heterocycles. The molecule has 0 bridgehead atoms. The fourth-order valence-corrected chi connectivity index (χ4v) is 1.17. The molecule has 0 radical (unpaired) electrons. The Kier molecular flexibility index (Phi) is 6.31. The van der Waals surface area contributed by atoms with Gasteiger partial charge in [0.25, 0.3) is 0 Å². The average Bonchev–Trinajstić information content (AvgIpc) is 2.31. The van der Waals surface area contributed by atoms with E-state index in [0.29, 0.717) is 11.4 Å². The van der Waals surface area contributed by atoms with Gasteiger partial charge in [-0.15, -0.1) is 12.4 Å². The molecule has 0 atom stereocenters. The van der Waals surface area contributed by atoms with Crippen LogP contribution in [0.4, 0.5) is 16.2 Å². The number of halogens is 1. The van der Waals surface area contributed by atoms with Gasteiger partial charge >= 0.3 is 6.03 Å². The van der Waals surface area contributed by atoms with E-state index in [-0.39, 0.29) is 24.9 Å². The molecule has 1 rings (SSSR count). The summed E-state index contributed by atoms with van der Waals surface area (Å²) in [5.41, 5.74) is 11.1. The lowest BCUT2D eigenvalue weighted by Crippen LogP contribution is -2.37. The molecule has 6 N–H and O–H groups in total. The van der Waals surface area contributed by atoms with Crippen molar-refractivity contribution in [2.45, 2.75) is 13.8 Å². The molecule has 3 amide bonds. The van der Waals surface area contributed by atoms with Crippen LogP contribution in [0.25, 0.3) is 0 Å². The monoisotopic (exact) mass is 286 g/mol. The van der Waals surface area contributed by atoms with Gasteiger partial charge in [-0.05, 0) is 38.1 Å². The number of nitrogens with two attached hydrogens (primary N) is 2. The Bertz CT molecular complexity index is 446. The molecular weight excluding hydrogens is 268 g/mol. The normalized spacial score (nSPS) is 10.3. The summed E-state index contributed by atoms with van der Waals surface area (Å²) >= 11 is 0. The largest absolute Gasteiger partial charge is 0.351 e. The zero-order valence-corrected chi connectivity index (χ0v) is 11.7. The highest BCUT2D eigenvalue weighted by Crippen LogP contribution is 2.18. The Hall–Kier alpha value is -1.79. The molecule has 0 heterocycles. The smallest absolute Gasteiger partial charge is 0.316 e. The minimum absolute atomic E-state index is 0. The fourth-order valence-electron chi connectivity index (χ4n) is 1.17. The van der Waals surface area contributed by atoms with Crippen molar-refractivity contribution in [2.24, 2.45) is 16.9 Å². The predicted octanol–water partition coefficient (Wildman–Crippen LogP) is 1.52. The summed E-state index contributed by atoms with van der Waals surface area (Å²) in [6.45, 7) is 3.80. The van der Waals surface area contributed by atoms with Crippen LogP contribution in [-0.4, -0.2) is 18.5 Å². The van der Waals surface area contributed by atoms with Crippen LogP contribution in [-0.2, 0) is 4.79 Å². The fraction of sp³-hybridized carbons (Fsp3) is 0.333. The van der Waals surface area contributed by atoms with Crippen molar-refractivity contribution in [3.8, 4) is 0 Å². The molecule has 1 aromatic rings. The van der Waals surface area contributed by atoms with Crippen LogP contribution in [0.15, 0.2) is 24.3 Å². The summed E-state index contributed by atoms with van der Waals surface area (Å²) in [5, 5.41) is 5.18. The molecule has 0 aromatic heterocycles. The van der Waals surface area contributed by atoms with E-state index in [1.807, 2.05) is 0 Å². The molecule has 0 fully saturated rings. The third-order valence-electron chi connectivity index (χ3n) is 2.54. The third-order valence-corrected chi connectivity index (χ3v) is 2.54. The Morgan fingerprint density at radius 2 is 1.53 bits per heavy atom. The highest BCUT2D eigenvalue weighted by molar-refractivity contribution is 5.95. The zero-order chi connectivity index (χ0) is 13.8. The second-order valence-electron chi connectivity index (χ2n) is 4.61. The number of benzene rings is 1. The summed E-state index contributed by atoms with van der Waals surface area (Å²) in [7, 11) is 0. The molecule has 0 saturated carbocycles. The number of primary amides is 1. The van der Waals surface area contributed by atoms with E-state index in [0.717, 1.165) is 0 Å². The van der Waals surface area contributed by atoms with E-state index in [1.165, 1.54) is 0 Å². The summed E-state index contributed by atoms with van der Waals surface area (Å²) in [6, 6.07) is 6.02. The first kappa shape index (κ1) is 17.2. The van der Waals surface area contributed by atoms with Crippen LogP contribution in [0.1, 0.15) is 13.8 Å². The van der Waals surface area contributed by atoms with E-state index in [4.69, 9.17) is 11.5 Å². The summed E-state index contributed by atoms with van der Waals surface area (Å²) < 4.78 is 0. The lowest BCUT2D eigenvalue weighted by atomic mass is 9.92. The molecule has 0 aliphatic carbocycles. The van der Waals surface area contributed by atoms with Gasteiger partial charge in [-0.25, -0.2) is 4.79 Å². The van der Waals surface area contributed by atoms with E-state index in [1.54, 1.807) is 38.1 Å². The van der Waals surface area contributed by atoms with E-state index >= 15 is 0 Å². The summed E-state index contributed by atoms with van der Waals surface area (Å²) in [4.78, 5) is 22.5.